The minimum atomic E-state index is 0.565. The van der Waals surface area contributed by atoms with E-state index in [-0.39, 0.29) is 0 Å². The number of hydrogen-bond donors (Lipinski definition) is 0. The Labute approximate surface area is 82.6 Å². The number of fused-ring (bicyclic) bond motifs is 1. The molecule has 0 spiro atoms. The topological polar surface area (TPSA) is 30.0 Å². The number of aldehydes is 1. The Morgan fingerprint density at radius 3 is 2.93 bits per heavy atom. The second kappa shape index (κ2) is 4.01. The third-order valence-electron chi connectivity index (χ3n) is 2.25. The lowest BCUT2D eigenvalue weighted by molar-refractivity contribution is -0.107. The number of para-hydroxylation sites is 1. The highest BCUT2D eigenvalue weighted by molar-refractivity contribution is 5.81. The average Bonchev–Trinajstić information content (AvgIpc) is 2.26. The van der Waals surface area contributed by atoms with E-state index in [2.05, 4.69) is 4.98 Å². The van der Waals surface area contributed by atoms with Crippen molar-refractivity contribution in [3.63, 3.8) is 0 Å². The first-order valence-electron chi connectivity index (χ1n) is 4.68. The molecule has 1 aromatic heterocycles. The zero-order chi connectivity index (χ0) is 9.80. The van der Waals surface area contributed by atoms with Crippen molar-refractivity contribution in [3.8, 4) is 0 Å². The molecule has 0 aliphatic rings. The van der Waals surface area contributed by atoms with Crippen molar-refractivity contribution in [1.82, 2.24) is 4.98 Å². The summed E-state index contributed by atoms with van der Waals surface area (Å²) in [5.41, 5.74) is 2.16. The average molecular weight is 185 g/mol. The van der Waals surface area contributed by atoms with Crippen molar-refractivity contribution in [3.05, 3.63) is 42.1 Å². The molecule has 1 aromatic carbocycles. The molecule has 1 heterocycles. The second-order valence-corrected chi connectivity index (χ2v) is 3.20. The zero-order valence-corrected chi connectivity index (χ0v) is 7.81. The van der Waals surface area contributed by atoms with Crippen LogP contribution in [0.4, 0.5) is 0 Å². The van der Waals surface area contributed by atoms with Gasteiger partial charge in [-0.2, -0.15) is 0 Å². The summed E-state index contributed by atoms with van der Waals surface area (Å²) in [6.07, 6.45) is 4.07. The summed E-state index contributed by atoms with van der Waals surface area (Å²) in [5, 5.41) is 1.14. The minimum Gasteiger partial charge on any atom is -0.303 e. The number of nitrogens with zero attached hydrogens (tertiary/aromatic N) is 1. The molecule has 0 aliphatic carbocycles. The first kappa shape index (κ1) is 8.88. The summed E-state index contributed by atoms with van der Waals surface area (Å²) < 4.78 is 0. The fraction of sp³-hybridized carbons (Fsp3) is 0.167. The molecular weight excluding hydrogens is 174 g/mol. The van der Waals surface area contributed by atoms with Crippen LogP contribution < -0.4 is 0 Å². The van der Waals surface area contributed by atoms with Gasteiger partial charge < -0.3 is 4.79 Å². The monoisotopic (exact) mass is 185 g/mol. The van der Waals surface area contributed by atoms with Crippen LogP contribution in [0.2, 0.25) is 0 Å². The third-order valence-corrected chi connectivity index (χ3v) is 2.25. The number of carbonyl (C=O) groups is 1. The highest BCUT2D eigenvalue weighted by Crippen LogP contribution is 2.16. The van der Waals surface area contributed by atoms with Crippen molar-refractivity contribution < 1.29 is 4.79 Å². The van der Waals surface area contributed by atoms with Gasteiger partial charge in [0, 0.05) is 18.0 Å². The summed E-state index contributed by atoms with van der Waals surface area (Å²) in [6.45, 7) is 0. The molecule has 0 fully saturated rings. The SMILES string of the molecule is O=CCCc1cccc2cccnc12. The van der Waals surface area contributed by atoms with E-state index in [1.54, 1.807) is 6.20 Å². The van der Waals surface area contributed by atoms with E-state index in [0.717, 1.165) is 29.2 Å². The molecule has 70 valence electrons. The maximum absolute atomic E-state index is 10.3. The van der Waals surface area contributed by atoms with Crippen LogP contribution in [0.25, 0.3) is 10.9 Å². The highest BCUT2D eigenvalue weighted by Gasteiger charge is 2.00. The van der Waals surface area contributed by atoms with Gasteiger partial charge in [0.05, 0.1) is 5.52 Å². The second-order valence-electron chi connectivity index (χ2n) is 3.20. The molecule has 0 saturated carbocycles. The van der Waals surface area contributed by atoms with Crippen molar-refractivity contribution in [2.45, 2.75) is 12.8 Å². The number of pyridine rings is 1. The Morgan fingerprint density at radius 1 is 1.21 bits per heavy atom. The molecular formula is C12H11NO. The van der Waals surface area contributed by atoms with Crippen LogP contribution in [0.1, 0.15) is 12.0 Å². The van der Waals surface area contributed by atoms with Crippen LogP contribution in [0.15, 0.2) is 36.5 Å². The summed E-state index contributed by atoms with van der Waals surface area (Å²) in [5.74, 6) is 0. The van der Waals surface area contributed by atoms with E-state index < -0.39 is 0 Å². The summed E-state index contributed by atoms with van der Waals surface area (Å²) in [4.78, 5) is 14.6. The Morgan fingerprint density at radius 2 is 2.07 bits per heavy atom. The van der Waals surface area contributed by atoms with E-state index in [1.165, 1.54) is 0 Å². The highest BCUT2D eigenvalue weighted by atomic mass is 16.1. The molecule has 0 N–H and O–H groups in total. The van der Waals surface area contributed by atoms with Gasteiger partial charge in [-0.25, -0.2) is 0 Å². The van der Waals surface area contributed by atoms with Gasteiger partial charge in [-0.15, -0.1) is 0 Å². The molecule has 2 heteroatoms. The molecule has 2 rings (SSSR count). The fourth-order valence-corrected chi connectivity index (χ4v) is 1.58. The molecule has 2 nitrogen and oxygen atoms in total. The number of rotatable bonds is 3. The van der Waals surface area contributed by atoms with Gasteiger partial charge in [0.1, 0.15) is 6.29 Å². The van der Waals surface area contributed by atoms with Crippen LogP contribution in [-0.4, -0.2) is 11.3 Å². The fourth-order valence-electron chi connectivity index (χ4n) is 1.58. The molecule has 14 heavy (non-hydrogen) atoms. The van der Waals surface area contributed by atoms with E-state index in [9.17, 15) is 4.79 Å². The van der Waals surface area contributed by atoms with Gasteiger partial charge in [0.25, 0.3) is 0 Å². The lowest BCUT2D eigenvalue weighted by Crippen LogP contribution is -1.89. The van der Waals surface area contributed by atoms with Crippen molar-refractivity contribution in [1.29, 1.82) is 0 Å². The molecule has 0 saturated heterocycles. The number of hydrogen-bond acceptors (Lipinski definition) is 2. The first-order valence-corrected chi connectivity index (χ1v) is 4.68. The van der Waals surface area contributed by atoms with Crippen LogP contribution in [0.3, 0.4) is 0 Å². The van der Waals surface area contributed by atoms with E-state index in [4.69, 9.17) is 0 Å². The Balaban J connectivity index is 2.48. The quantitative estimate of drug-likeness (QED) is 0.687. The van der Waals surface area contributed by atoms with Crippen molar-refractivity contribution >= 4 is 17.2 Å². The van der Waals surface area contributed by atoms with Gasteiger partial charge >= 0.3 is 0 Å². The predicted molar refractivity (Wildman–Crippen MR) is 56.1 cm³/mol. The van der Waals surface area contributed by atoms with Gasteiger partial charge in [0.15, 0.2) is 0 Å². The van der Waals surface area contributed by atoms with Crippen molar-refractivity contribution in [2.24, 2.45) is 0 Å². The van der Waals surface area contributed by atoms with E-state index in [1.807, 2.05) is 30.3 Å². The first-order chi connectivity index (χ1) is 6.92. The van der Waals surface area contributed by atoms with Crippen LogP contribution in [0, 0.1) is 0 Å². The number of aromatic nitrogens is 1. The van der Waals surface area contributed by atoms with Gasteiger partial charge in [-0.05, 0) is 18.1 Å². The smallest absolute Gasteiger partial charge is 0.120 e. The zero-order valence-electron chi connectivity index (χ0n) is 7.81. The van der Waals surface area contributed by atoms with Gasteiger partial charge in [0.2, 0.25) is 0 Å². The Kier molecular flexibility index (Phi) is 2.54. The number of carbonyl (C=O) groups excluding carboxylic acids is 1. The molecule has 2 aromatic rings. The summed E-state index contributed by atoms with van der Waals surface area (Å²) >= 11 is 0. The molecule has 0 bridgehead atoms. The minimum absolute atomic E-state index is 0.565. The van der Waals surface area contributed by atoms with Crippen LogP contribution >= 0.6 is 0 Å². The lowest BCUT2D eigenvalue weighted by Gasteiger charge is -2.02. The maximum atomic E-state index is 10.3. The summed E-state index contributed by atoms with van der Waals surface area (Å²) in [7, 11) is 0. The molecule has 0 atom stereocenters. The molecule has 0 radical (unpaired) electrons. The van der Waals surface area contributed by atoms with E-state index >= 15 is 0 Å². The molecule has 0 aliphatic heterocycles. The molecule has 0 unspecified atom stereocenters. The lowest BCUT2D eigenvalue weighted by atomic mass is 10.1. The maximum Gasteiger partial charge on any atom is 0.120 e. The third kappa shape index (κ3) is 1.64. The Hall–Kier alpha value is -1.70. The van der Waals surface area contributed by atoms with Crippen LogP contribution in [0.5, 0.6) is 0 Å². The van der Waals surface area contributed by atoms with Crippen LogP contribution in [-0.2, 0) is 11.2 Å². The van der Waals surface area contributed by atoms with E-state index in [0.29, 0.717) is 6.42 Å². The van der Waals surface area contributed by atoms with Gasteiger partial charge in [-0.3, -0.25) is 4.98 Å². The Bertz CT molecular complexity index is 446. The standard InChI is InChI=1S/C12H11NO/c14-9-3-7-11-5-1-4-10-6-2-8-13-12(10)11/h1-2,4-6,8-9H,3,7H2. The summed E-state index contributed by atoms with van der Waals surface area (Å²) in [6, 6.07) is 10.0. The van der Waals surface area contributed by atoms with Gasteiger partial charge in [-0.1, -0.05) is 24.3 Å². The van der Waals surface area contributed by atoms with Crippen molar-refractivity contribution in [2.75, 3.05) is 0 Å². The molecule has 0 amide bonds. The normalized spacial score (nSPS) is 10.3. The number of aryl methyl sites for hydroxylation is 1. The largest absolute Gasteiger partial charge is 0.303 e. The predicted octanol–water partition coefficient (Wildman–Crippen LogP) is 2.37. The number of benzene rings is 1.